The van der Waals surface area contributed by atoms with Gasteiger partial charge in [-0.2, -0.15) is 5.06 Å². The Labute approximate surface area is 180 Å². The van der Waals surface area contributed by atoms with Crippen LogP contribution in [-0.2, 0) is 28.7 Å². The molecule has 0 N–H and O–H groups in total. The molecule has 2 saturated heterocycles. The maximum absolute atomic E-state index is 13.5. The van der Waals surface area contributed by atoms with Gasteiger partial charge < -0.3 is 9.47 Å². The molecule has 162 valence electrons. The lowest BCUT2D eigenvalue weighted by molar-refractivity contribution is -0.260. The summed E-state index contributed by atoms with van der Waals surface area (Å²) in [6.45, 7) is 0.0548. The SMILES string of the molecule is CN(C)[C@H]1CON(C2(C(=O)OC(c3ccccc3)c3ccccc3)CCC(=O)O2)C1=O. The second kappa shape index (κ2) is 8.49. The van der Waals surface area contributed by atoms with Crippen LogP contribution in [-0.4, -0.2) is 60.3 Å². The van der Waals surface area contributed by atoms with Gasteiger partial charge in [-0.1, -0.05) is 60.7 Å². The first-order valence-corrected chi connectivity index (χ1v) is 10.1. The van der Waals surface area contributed by atoms with Crippen LogP contribution in [0.3, 0.4) is 0 Å². The molecule has 2 aromatic rings. The highest BCUT2D eigenvalue weighted by molar-refractivity contribution is 5.93. The van der Waals surface area contributed by atoms with Crippen molar-refractivity contribution in [1.29, 1.82) is 0 Å². The lowest BCUT2D eigenvalue weighted by Gasteiger charge is -2.34. The fraction of sp³-hybridized carbons (Fsp3) is 0.348. The number of hydrogen-bond acceptors (Lipinski definition) is 7. The molecule has 2 aliphatic heterocycles. The summed E-state index contributed by atoms with van der Waals surface area (Å²) < 4.78 is 11.3. The lowest BCUT2D eigenvalue weighted by Crippen LogP contribution is -2.57. The number of likely N-dealkylation sites (N-methyl/N-ethyl adjacent to an activating group) is 1. The number of cyclic esters (lactones) is 1. The lowest BCUT2D eigenvalue weighted by atomic mass is 10.0. The standard InChI is InChI=1S/C23H24N2O6/c1-24(2)18-15-29-25(21(18)27)23(14-13-19(26)31-23)22(28)30-20(16-9-5-3-6-10-16)17-11-7-4-8-12-17/h3-12,18,20H,13-15H2,1-2H3/t18-,23?/m0/s1. The molecule has 0 spiro atoms. The molecular weight excluding hydrogens is 400 g/mol. The van der Waals surface area contributed by atoms with Gasteiger partial charge in [-0.25, -0.2) is 4.79 Å². The molecule has 0 radical (unpaired) electrons. The molecular formula is C23H24N2O6. The normalized spacial score (nSPS) is 23.5. The maximum Gasteiger partial charge on any atom is 0.376 e. The van der Waals surface area contributed by atoms with Gasteiger partial charge in [0.1, 0.15) is 6.04 Å². The number of rotatable bonds is 6. The molecule has 4 rings (SSSR count). The third kappa shape index (κ3) is 3.92. The Balaban J connectivity index is 1.67. The van der Waals surface area contributed by atoms with Gasteiger partial charge in [0.2, 0.25) is 0 Å². The van der Waals surface area contributed by atoms with E-state index < -0.39 is 35.7 Å². The van der Waals surface area contributed by atoms with Crippen molar-refractivity contribution in [2.24, 2.45) is 0 Å². The highest BCUT2D eigenvalue weighted by atomic mass is 16.8. The van der Waals surface area contributed by atoms with Crippen LogP contribution in [0.15, 0.2) is 60.7 Å². The monoisotopic (exact) mass is 424 g/mol. The topological polar surface area (TPSA) is 85.4 Å². The van der Waals surface area contributed by atoms with E-state index in [4.69, 9.17) is 14.3 Å². The second-order valence-corrected chi connectivity index (χ2v) is 7.77. The van der Waals surface area contributed by atoms with Gasteiger partial charge in [0, 0.05) is 6.42 Å². The van der Waals surface area contributed by atoms with Crippen LogP contribution in [0.25, 0.3) is 0 Å². The summed E-state index contributed by atoms with van der Waals surface area (Å²) in [7, 11) is 3.48. The third-order valence-electron chi connectivity index (χ3n) is 5.50. The minimum absolute atomic E-state index is 0.0176. The number of amides is 1. The van der Waals surface area contributed by atoms with E-state index in [0.717, 1.165) is 16.2 Å². The van der Waals surface area contributed by atoms with Crippen LogP contribution < -0.4 is 0 Å². The van der Waals surface area contributed by atoms with Gasteiger partial charge in [-0.3, -0.25) is 19.3 Å². The number of hydrogen-bond donors (Lipinski definition) is 0. The molecule has 1 amide bonds. The van der Waals surface area contributed by atoms with E-state index in [1.165, 1.54) is 0 Å². The molecule has 0 aromatic heterocycles. The summed E-state index contributed by atoms with van der Waals surface area (Å²) in [5.41, 5.74) is -0.441. The van der Waals surface area contributed by atoms with E-state index >= 15 is 0 Å². The van der Waals surface area contributed by atoms with E-state index in [9.17, 15) is 14.4 Å². The number of carbonyl (C=O) groups is 3. The molecule has 2 aromatic carbocycles. The molecule has 1 unspecified atom stereocenters. The summed E-state index contributed by atoms with van der Waals surface area (Å²) in [5, 5.41) is 0.887. The number of hydroxylamine groups is 2. The maximum atomic E-state index is 13.5. The molecule has 31 heavy (non-hydrogen) atoms. The molecule has 0 aliphatic carbocycles. The van der Waals surface area contributed by atoms with Gasteiger partial charge in [-0.15, -0.1) is 0 Å². The summed E-state index contributed by atoms with van der Waals surface area (Å²) >= 11 is 0. The fourth-order valence-electron chi connectivity index (χ4n) is 3.78. The van der Waals surface area contributed by atoms with Crippen molar-refractivity contribution in [3.05, 3.63) is 71.8 Å². The first-order chi connectivity index (χ1) is 14.9. The van der Waals surface area contributed by atoms with E-state index in [-0.39, 0.29) is 19.4 Å². The van der Waals surface area contributed by atoms with E-state index in [1.54, 1.807) is 19.0 Å². The summed E-state index contributed by atoms with van der Waals surface area (Å²) in [6, 6.07) is 17.9. The Morgan fingerprint density at radius 1 is 1.06 bits per heavy atom. The van der Waals surface area contributed by atoms with Crippen LogP contribution >= 0.6 is 0 Å². The Bertz CT molecular complexity index is 925. The van der Waals surface area contributed by atoms with Gasteiger partial charge in [0.05, 0.1) is 13.0 Å². The van der Waals surface area contributed by atoms with E-state index in [0.29, 0.717) is 0 Å². The molecule has 8 heteroatoms. The predicted octanol–water partition coefficient (Wildman–Crippen LogP) is 2.06. The Morgan fingerprint density at radius 3 is 2.10 bits per heavy atom. The summed E-state index contributed by atoms with van der Waals surface area (Å²) in [5.74, 6) is -1.88. The Kier molecular flexibility index (Phi) is 5.75. The van der Waals surface area contributed by atoms with Gasteiger partial charge >= 0.3 is 17.7 Å². The Morgan fingerprint density at radius 2 is 1.65 bits per heavy atom. The zero-order valence-electron chi connectivity index (χ0n) is 17.4. The first-order valence-electron chi connectivity index (χ1n) is 10.1. The minimum atomic E-state index is -1.94. The molecule has 0 bridgehead atoms. The van der Waals surface area contributed by atoms with Crippen LogP contribution in [0.1, 0.15) is 30.1 Å². The molecule has 2 atom stereocenters. The smallest absolute Gasteiger partial charge is 0.376 e. The largest absolute Gasteiger partial charge is 0.448 e. The number of benzene rings is 2. The van der Waals surface area contributed by atoms with Crippen molar-refractivity contribution in [2.45, 2.75) is 30.7 Å². The third-order valence-corrected chi connectivity index (χ3v) is 5.50. The van der Waals surface area contributed by atoms with Crippen LogP contribution in [0.2, 0.25) is 0 Å². The van der Waals surface area contributed by atoms with Gasteiger partial charge in [-0.05, 0) is 25.2 Å². The first kappa shape index (κ1) is 21.0. The highest BCUT2D eigenvalue weighted by Gasteiger charge is 2.60. The van der Waals surface area contributed by atoms with Crippen molar-refractivity contribution >= 4 is 17.8 Å². The van der Waals surface area contributed by atoms with Crippen LogP contribution in [0, 0.1) is 0 Å². The zero-order valence-corrected chi connectivity index (χ0v) is 17.4. The molecule has 8 nitrogen and oxygen atoms in total. The van der Waals surface area contributed by atoms with Crippen LogP contribution in [0.5, 0.6) is 0 Å². The quantitative estimate of drug-likeness (QED) is 0.656. The molecule has 2 aliphatic rings. The molecule has 0 saturated carbocycles. The van der Waals surface area contributed by atoms with Crippen molar-refractivity contribution in [1.82, 2.24) is 9.96 Å². The van der Waals surface area contributed by atoms with Gasteiger partial charge in [0.25, 0.3) is 5.91 Å². The van der Waals surface area contributed by atoms with E-state index in [1.807, 2.05) is 60.7 Å². The Hall–Kier alpha value is -3.23. The second-order valence-electron chi connectivity index (χ2n) is 7.77. The zero-order chi connectivity index (χ0) is 22.0. The van der Waals surface area contributed by atoms with E-state index in [2.05, 4.69) is 0 Å². The summed E-state index contributed by atoms with van der Waals surface area (Å²) in [4.78, 5) is 45.7. The average molecular weight is 424 g/mol. The number of ether oxygens (including phenoxy) is 2. The minimum Gasteiger partial charge on any atom is -0.448 e. The predicted molar refractivity (Wildman–Crippen MR) is 109 cm³/mol. The summed E-state index contributed by atoms with van der Waals surface area (Å²) in [6.07, 6.45) is -0.795. The number of esters is 2. The van der Waals surface area contributed by atoms with Crippen molar-refractivity contribution in [3.63, 3.8) is 0 Å². The van der Waals surface area contributed by atoms with Crippen LogP contribution in [0.4, 0.5) is 0 Å². The van der Waals surface area contributed by atoms with Gasteiger partial charge in [0.15, 0.2) is 6.10 Å². The fourth-order valence-corrected chi connectivity index (χ4v) is 3.78. The van der Waals surface area contributed by atoms with Crippen molar-refractivity contribution in [3.8, 4) is 0 Å². The number of carbonyl (C=O) groups excluding carboxylic acids is 3. The molecule has 2 heterocycles. The number of nitrogens with zero attached hydrogens (tertiary/aromatic N) is 2. The molecule has 2 fully saturated rings. The van der Waals surface area contributed by atoms with Crippen molar-refractivity contribution in [2.75, 3.05) is 20.7 Å². The highest BCUT2D eigenvalue weighted by Crippen LogP contribution is 2.38. The average Bonchev–Trinajstić information content (AvgIpc) is 3.36. The van der Waals surface area contributed by atoms with Crippen molar-refractivity contribution < 1.29 is 28.7 Å².